The third-order valence-corrected chi connectivity index (χ3v) is 8.36. The summed E-state index contributed by atoms with van der Waals surface area (Å²) in [5.41, 5.74) is 0.391. The van der Waals surface area contributed by atoms with Gasteiger partial charge in [-0.15, -0.1) is 0 Å². The average molecular weight is 475 g/mol. The molecule has 2 aromatic rings. The van der Waals surface area contributed by atoms with Crippen molar-refractivity contribution < 1.29 is 22.7 Å². The van der Waals surface area contributed by atoms with Gasteiger partial charge in [0, 0.05) is 12.1 Å². The Morgan fingerprint density at radius 2 is 2.03 bits per heavy atom. The predicted octanol–water partition coefficient (Wildman–Crippen LogP) is 3.47. The number of nitrogens with one attached hydrogen (secondary N) is 2. The molecule has 2 aliphatic heterocycles. The first-order valence-corrected chi connectivity index (χ1v) is 12.1. The molecule has 12 heteroatoms. The molecule has 162 valence electrons. The zero-order valence-corrected chi connectivity index (χ0v) is 18.2. The second kappa shape index (κ2) is 7.95. The van der Waals surface area contributed by atoms with Crippen molar-refractivity contribution in [1.82, 2.24) is 9.88 Å². The van der Waals surface area contributed by atoms with Crippen molar-refractivity contribution in [2.75, 3.05) is 29.7 Å². The van der Waals surface area contributed by atoms with Gasteiger partial charge in [-0.05, 0) is 50.9 Å². The van der Waals surface area contributed by atoms with Crippen molar-refractivity contribution in [3.05, 3.63) is 34.0 Å². The van der Waals surface area contributed by atoms with Crippen LogP contribution >= 0.6 is 22.9 Å². The average Bonchev–Trinajstić information content (AvgIpc) is 3.37. The second-order valence-corrected chi connectivity index (χ2v) is 10.6. The SMILES string of the molecule is O=C(O)c1cnc(NS(=O)(=O)c2cc(Cl)c(NCC34CCCN3CCC4)cc2F)s1. The third kappa shape index (κ3) is 3.98. The number of thiazole rings is 1. The van der Waals surface area contributed by atoms with Crippen molar-refractivity contribution in [2.45, 2.75) is 36.1 Å². The van der Waals surface area contributed by atoms with Gasteiger partial charge >= 0.3 is 5.97 Å². The van der Waals surface area contributed by atoms with E-state index < -0.39 is 26.7 Å². The van der Waals surface area contributed by atoms with Crippen molar-refractivity contribution in [3.63, 3.8) is 0 Å². The van der Waals surface area contributed by atoms with Gasteiger partial charge in [0.15, 0.2) is 5.13 Å². The van der Waals surface area contributed by atoms with Crippen LogP contribution in [0.15, 0.2) is 23.2 Å². The maximum absolute atomic E-state index is 14.7. The van der Waals surface area contributed by atoms with E-state index in [0.717, 1.165) is 57.1 Å². The Morgan fingerprint density at radius 3 is 2.67 bits per heavy atom. The number of benzene rings is 1. The lowest BCUT2D eigenvalue weighted by atomic mass is 9.94. The minimum atomic E-state index is -4.33. The van der Waals surface area contributed by atoms with Crippen LogP contribution in [-0.4, -0.2) is 54.6 Å². The maximum Gasteiger partial charge on any atom is 0.347 e. The van der Waals surface area contributed by atoms with E-state index in [-0.39, 0.29) is 20.6 Å². The smallest absolute Gasteiger partial charge is 0.347 e. The molecule has 2 aliphatic rings. The Morgan fingerprint density at radius 1 is 1.33 bits per heavy atom. The molecule has 30 heavy (non-hydrogen) atoms. The Kier molecular flexibility index (Phi) is 5.64. The third-order valence-electron chi connectivity index (χ3n) is 5.67. The summed E-state index contributed by atoms with van der Waals surface area (Å²) in [5.74, 6) is -2.19. The summed E-state index contributed by atoms with van der Waals surface area (Å²) in [6.45, 7) is 2.74. The van der Waals surface area contributed by atoms with Crippen molar-refractivity contribution in [3.8, 4) is 0 Å². The van der Waals surface area contributed by atoms with Gasteiger partial charge in [-0.1, -0.05) is 22.9 Å². The van der Waals surface area contributed by atoms with Crippen LogP contribution in [0.1, 0.15) is 35.4 Å². The van der Waals surface area contributed by atoms with Crippen LogP contribution in [0, 0.1) is 5.82 Å². The number of carboxylic acid groups (broad SMARTS) is 1. The normalized spacial score (nSPS) is 18.3. The zero-order valence-electron chi connectivity index (χ0n) is 15.8. The van der Waals surface area contributed by atoms with E-state index in [2.05, 4.69) is 19.9 Å². The number of nitrogens with zero attached hydrogens (tertiary/aromatic N) is 2. The molecule has 0 unspecified atom stereocenters. The van der Waals surface area contributed by atoms with Crippen LogP contribution < -0.4 is 10.0 Å². The Hall–Kier alpha value is -1.95. The number of fused-ring (bicyclic) bond motifs is 1. The van der Waals surface area contributed by atoms with Gasteiger partial charge in [-0.3, -0.25) is 9.62 Å². The molecule has 0 amide bonds. The van der Waals surface area contributed by atoms with Gasteiger partial charge in [0.05, 0.1) is 16.9 Å². The molecule has 0 radical (unpaired) electrons. The first-order chi connectivity index (χ1) is 14.2. The second-order valence-electron chi connectivity index (χ2n) is 7.47. The lowest BCUT2D eigenvalue weighted by Crippen LogP contribution is -2.44. The molecule has 1 aromatic heterocycles. The number of halogens is 2. The standard InChI is InChI=1S/C18H20ClFN4O4S2/c19-11-7-15(30(27,28)23-17-21-9-14(29-17)16(25)26)12(20)8-13(11)22-10-18-3-1-5-24(18)6-2-4-18/h7-9,22H,1-6,10H2,(H,21,23)(H,25,26). The highest BCUT2D eigenvalue weighted by Gasteiger charge is 2.43. The van der Waals surface area contributed by atoms with Gasteiger partial charge in [0.25, 0.3) is 10.0 Å². The van der Waals surface area contributed by atoms with Crippen LogP contribution in [0.2, 0.25) is 5.02 Å². The Bertz CT molecular complexity index is 1080. The van der Waals surface area contributed by atoms with Gasteiger partial charge in [0.1, 0.15) is 15.6 Å². The van der Waals surface area contributed by atoms with E-state index in [1.54, 1.807) is 0 Å². The molecule has 2 saturated heterocycles. The summed E-state index contributed by atoms with van der Waals surface area (Å²) in [5, 5.41) is 12.0. The van der Waals surface area contributed by atoms with Gasteiger partial charge in [-0.25, -0.2) is 22.6 Å². The monoisotopic (exact) mass is 474 g/mol. The molecule has 0 aliphatic carbocycles. The van der Waals surface area contributed by atoms with E-state index in [0.29, 0.717) is 23.6 Å². The van der Waals surface area contributed by atoms with Crippen LogP contribution in [0.4, 0.5) is 15.2 Å². The number of carbonyl (C=O) groups is 1. The molecular weight excluding hydrogens is 455 g/mol. The summed E-state index contributed by atoms with van der Waals surface area (Å²) in [6.07, 6.45) is 5.43. The van der Waals surface area contributed by atoms with Crippen molar-refractivity contribution in [1.29, 1.82) is 0 Å². The number of hydrogen-bond donors (Lipinski definition) is 3. The Labute approximate surface area is 182 Å². The van der Waals surface area contributed by atoms with E-state index in [9.17, 15) is 17.6 Å². The van der Waals surface area contributed by atoms with Crippen LogP contribution in [0.25, 0.3) is 0 Å². The Balaban J connectivity index is 1.52. The molecule has 2 fully saturated rings. The first kappa shape index (κ1) is 21.3. The summed E-state index contributed by atoms with van der Waals surface area (Å²) in [4.78, 5) is 16.3. The van der Waals surface area contributed by atoms with Gasteiger partial charge in [0.2, 0.25) is 0 Å². The first-order valence-electron chi connectivity index (χ1n) is 9.40. The highest BCUT2D eigenvalue weighted by Crippen LogP contribution is 2.39. The summed E-state index contributed by atoms with van der Waals surface area (Å²) >= 11 is 6.89. The molecule has 0 atom stereocenters. The number of anilines is 2. The molecule has 3 heterocycles. The maximum atomic E-state index is 14.7. The van der Waals surface area contributed by atoms with E-state index in [1.165, 1.54) is 0 Å². The number of sulfonamides is 1. The fraction of sp³-hybridized carbons (Fsp3) is 0.444. The number of carboxylic acids is 1. The highest BCUT2D eigenvalue weighted by atomic mass is 35.5. The molecule has 8 nitrogen and oxygen atoms in total. The minimum absolute atomic E-state index is 0.0544. The lowest BCUT2D eigenvalue weighted by Gasteiger charge is -2.32. The number of aromatic carboxylic acids is 1. The van der Waals surface area contributed by atoms with E-state index in [1.807, 2.05) is 0 Å². The van der Waals surface area contributed by atoms with Crippen molar-refractivity contribution in [2.24, 2.45) is 0 Å². The molecule has 1 aromatic carbocycles. The molecule has 0 spiro atoms. The van der Waals surface area contributed by atoms with Gasteiger partial charge in [-0.2, -0.15) is 0 Å². The predicted molar refractivity (Wildman–Crippen MR) is 113 cm³/mol. The van der Waals surface area contributed by atoms with Crippen LogP contribution in [-0.2, 0) is 10.0 Å². The fourth-order valence-electron chi connectivity index (χ4n) is 4.23. The zero-order chi connectivity index (χ0) is 21.5. The highest BCUT2D eigenvalue weighted by molar-refractivity contribution is 7.93. The van der Waals surface area contributed by atoms with E-state index >= 15 is 0 Å². The lowest BCUT2D eigenvalue weighted by molar-refractivity contribution is 0.0702. The molecule has 3 N–H and O–H groups in total. The number of rotatable bonds is 7. The van der Waals surface area contributed by atoms with E-state index in [4.69, 9.17) is 16.7 Å². The topological polar surface area (TPSA) is 112 Å². The summed E-state index contributed by atoms with van der Waals surface area (Å²) < 4.78 is 41.9. The molecular formula is C18H20ClFN4O4S2. The summed E-state index contributed by atoms with van der Waals surface area (Å²) in [7, 11) is -4.33. The molecule has 4 rings (SSSR count). The fourth-order valence-corrected chi connectivity index (χ4v) is 6.51. The molecule has 0 bridgehead atoms. The van der Waals surface area contributed by atoms with Gasteiger partial charge < -0.3 is 10.4 Å². The van der Waals surface area contributed by atoms with Crippen molar-refractivity contribution >= 4 is 49.7 Å². The molecule has 0 saturated carbocycles. The van der Waals surface area contributed by atoms with Crippen LogP contribution in [0.3, 0.4) is 0 Å². The largest absolute Gasteiger partial charge is 0.477 e. The quantitative estimate of drug-likeness (QED) is 0.563. The number of hydrogen-bond acceptors (Lipinski definition) is 7. The minimum Gasteiger partial charge on any atom is -0.477 e. The summed E-state index contributed by atoms with van der Waals surface area (Å²) in [6, 6.07) is 2.12. The van der Waals surface area contributed by atoms with Crippen LogP contribution in [0.5, 0.6) is 0 Å². The number of aromatic nitrogens is 1.